The number of piperidine rings is 1. The molecule has 3 aliphatic rings. The molecule has 4 heterocycles. The monoisotopic (exact) mass is 357 g/mol. The molecule has 0 unspecified atom stereocenters. The fraction of sp³-hybridized carbons (Fsp3) is 0.706. The van der Waals surface area contributed by atoms with Gasteiger partial charge in [0.05, 0.1) is 0 Å². The van der Waals surface area contributed by atoms with Crippen LogP contribution in [0.25, 0.3) is 11.3 Å². The van der Waals surface area contributed by atoms with Gasteiger partial charge in [-0.2, -0.15) is 0 Å². The smallest absolute Gasteiger partial charge is 0.245 e. The van der Waals surface area contributed by atoms with Crippen LogP contribution in [0.5, 0.6) is 0 Å². The zero-order chi connectivity index (χ0) is 17.5. The summed E-state index contributed by atoms with van der Waals surface area (Å²) in [5.74, 6) is 2.37. The Kier molecular flexibility index (Phi) is 3.86. The summed E-state index contributed by atoms with van der Waals surface area (Å²) in [6.07, 6.45) is 6.25. The normalized spacial score (nSPS) is 23.8. The van der Waals surface area contributed by atoms with Crippen molar-refractivity contribution in [3.63, 3.8) is 0 Å². The van der Waals surface area contributed by atoms with Crippen molar-refractivity contribution in [2.24, 2.45) is 5.92 Å². The van der Waals surface area contributed by atoms with Crippen LogP contribution in [0.3, 0.4) is 0 Å². The van der Waals surface area contributed by atoms with Crippen LogP contribution in [-0.2, 0) is 4.79 Å². The molecule has 5 rings (SSSR count). The van der Waals surface area contributed by atoms with E-state index in [4.69, 9.17) is 4.63 Å². The fourth-order valence-electron chi connectivity index (χ4n) is 3.98. The number of nitrogens with one attached hydrogen (secondary N) is 1. The Labute approximate surface area is 151 Å². The molecule has 1 aliphatic carbocycles. The van der Waals surface area contributed by atoms with Gasteiger partial charge in [-0.25, -0.2) is 14.6 Å². The largest absolute Gasteiger partial charge is 0.364 e. The van der Waals surface area contributed by atoms with Crippen LogP contribution in [-0.4, -0.2) is 63.3 Å². The molecule has 0 radical (unpaired) electrons. The minimum absolute atomic E-state index is 0.299. The van der Waals surface area contributed by atoms with E-state index in [1.165, 1.54) is 0 Å². The van der Waals surface area contributed by atoms with E-state index >= 15 is 0 Å². The second-order valence-electron chi connectivity index (χ2n) is 7.62. The second kappa shape index (κ2) is 6.37. The number of fused-ring (bicyclic) bond motifs is 1. The van der Waals surface area contributed by atoms with Crippen molar-refractivity contribution < 1.29 is 9.42 Å². The summed E-state index contributed by atoms with van der Waals surface area (Å²) in [5.41, 5.74) is 0.881. The van der Waals surface area contributed by atoms with E-state index in [0.717, 1.165) is 69.9 Å². The van der Waals surface area contributed by atoms with E-state index in [-0.39, 0.29) is 0 Å². The first kappa shape index (κ1) is 15.8. The maximum atomic E-state index is 12.0. The zero-order valence-electron chi connectivity index (χ0n) is 14.7. The first-order valence-corrected chi connectivity index (χ1v) is 9.56. The number of likely N-dealkylation sites (tertiary alicyclic amines) is 1. The highest BCUT2D eigenvalue weighted by atomic mass is 16.6. The predicted molar refractivity (Wildman–Crippen MR) is 94.8 cm³/mol. The predicted octanol–water partition coefficient (Wildman–Crippen LogP) is 1.43. The third-order valence-corrected chi connectivity index (χ3v) is 5.48. The maximum Gasteiger partial charge on any atom is 0.245 e. The van der Waals surface area contributed by atoms with Crippen LogP contribution < -0.4 is 10.2 Å². The van der Waals surface area contributed by atoms with Gasteiger partial charge in [-0.3, -0.25) is 4.79 Å². The number of hydrogen-bond donors (Lipinski definition) is 1. The van der Waals surface area contributed by atoms with E-state index in [2.05, 4.69) is 30.5 Å². The summed E-state index contributed by atoms with van der Waals surface area (Å²) in [6, 6.07) is 0.475. The highest BCUT2D eigenvalue weighted by Gasteiger charge is 2.30. The summed E-state index contributed by atoms with van der Waals surface area (Å²) >= 11 is 0. The van der Waals surface area contributed by atoms with Gasteiger partial charge >= 0.3 is 0 Å². The maximum absolute atomic E-state index is 12.0. The number of aromatic nitrogens is 4. The van der Waals surface area contributed by atoms with Gasteiger partial charge in [0.2, 0.25) is 17.2 Å². The van der Waals surface area contributed by atoms with Crippen LogP contribution in [0.1, 0.15) is 38.5 Å². The van der Waals surface area contributed by atoms with Crippen LogP contribution in [0, 0.1) is 5.92 Å². The number of carbonyl (C=O) groups excluding carboxylic acids is 1. The molecule has 2 aromatic rings. The zero-order valence-corrected chi connectivity index (χ0v) is 14.7. The molecular formula is C17H23N7O2. The van der Waals surface area contributed by atoms with Crippen molar-refractivity contribution in [1.29, 1.82) is 0 Å². The van der Waals surface area contributed by atoms with Crippen LogP contribution in [0.2, 0.25) is 0 Å². The Hall–Kier alpha value is -2.45. The quantitative estimate of drug-likeness (QED) is 0.858. The molecule has 26 heavy (non-hydrogen) atoms. The van der Waals surface area contributed by atoms with Gasteiger partial charge in [0.25, 0.3) is 0 Å². The lowest BCUT2D eigenvalue weighted by atomic mass is 9.97. The average Bonchev–Trinajstić information content (AvgIpc) is 3.19. The van der Waals surface area contributed by atoms with E-state index in [1.807, 2.05) is 4.90 Å². The highest BCUT2D eigenvalue weighted by Crippen LogP contribution is 2.32. The molecule has 9 nitrogen and oxygen atoms in total. The van der Waals surface area contributed by atoms with E-state index in [9.17, 15) is 4.79 Å². The lowest BCUT2D eigenvalue weighted by Crippen LogP contribution is -2.42. The highest BCUT2D eigenvalue weighted by molar-refractivity contribution is 5.78. The first-order valence-electron chi connectivity index (χ1n) is 9.56. The summed E-state index contributed by atoms with van der Waals surface area (Å²) < 4.78 is 4.79. The molecule has 3 fully saturated rings. The minimum Gasteiger partial charge on any atom is -0.364 e. The molecule has 1 amide bonds. The van der Waals surface area contributed by atoms with Crippen molar-refractivity contribution in [2.45, 2.75) is 44.6 Å². The molecule has 0 spiro atoms. The summed E-state index contributed by atoms with van der Waals surface area (Å²) in [4.78, 5) is 25.5. The van der Waals surface area contributed by atoms with E-state index < -0.39 is 0 Å². The summed E-state index contributed by atoms with van der Waals surface area (Å²) in [7, 11) is 0. The summed E-state index contributed by atoms with van der Waals surface area (Å²) in [6.45, 7) is 3.58. The van der Waals surface area contributed by atoms with Gasteiger partial charge in [-0.15, -0.1) is 0 Å². The molecule has 0 aromatic carbocycles. The number of anilines is 2. The molecule has 1 atom stereocenters. The van der Waals surface area contributed by atoms with Crippen LogP contribution in [0.15, 0.2) is 4.63 Å². The second-order valence-corrected chi connectivity index (χ2v) is 7.62. The Morgan fingerprint density at radius 3 is 2.69 bits per heavy atom. The van der Waals surface area contributed by atoms with Crippen molar-refractivity contribution in [3.8, 4) is 0 Å². The lowest BCUT2D eigenvalue weighted by Gasteiger charge is -2.35. The Balaban J connectivity index is 1.38. The standard InChI is InChI=1S/C17H23N7O2/c25-13-4-2-7-23(13)9-11-3-1-8-24(10-11)17-16(18-12-5-6-12)19-14-15(20-17)22-26-21-14/h11-12H,1-10H2,(H,18,19,21)/t11-/m1/s1. The van der Waals surface area contributed by atoms with Crippen molar-refractivity contribution in [3.05, 3.63) is 0 Å². The molecule has 1 N–H and O–H groups in total. The number of hydrogen-bond acceptors (Lipinski definition) is 8. The number of amides is 1. The van der Waals surface area contributed by atoms with E-state index in [1.54, 1.807) is 0 Å². The molecule has 138 valence electrons. The molecule has 2 aliphatic heterocycles. The van der Waals surface area contributed by atoms with Gasteiger partial charge in [-0.05, 0) is 48.3 Å². The van der Waals surface area contributed by atoms with Crippen molar-refractivity contribution in [2.75, 3.05) is 36.4 Å². The molecular weight excluding hydrogens is 334 g/mol. The van der Waals surface area contributed by atoms with Gasteiger partial charge in [0.1, 0.15) is 0 Å². The van der Waals surface area contributed by atoms with Crippen LogP contribution in [0.4, 0.5) is 11.6 Å². The average molecular weight is 357 g/mol. The van der Waals surface area contributed by atoms with Crippen LogP contribution >= 0.6 is 0 Å². The van der Waals surface area contributed by atoms with Gasteiger partial charge in [0, 0.05) is 38.6 Å². The number of carbonyl (C=O) groups is 1. The first-order chi connectivity index (χ1) is 12.8. The third-order valence-electron chi connectivity index (χ3n) is 5.48. The Bertz CT molecular complexity index is 819. The molecule has 2 saturated heterocycles. The van der Waals surface area contributed by atoms with Gasteiger partial charge in [0.15, 0.2) is 11.6 Å². The van der Waals surface area contributed by atoms with Gasteiger partial charge < -0.3 is 15.1 Å². The van der Waals surface area contributed by atoms with Gasteiger partial charge in [-0.1, -0.05) is 0 Å². The van der Waals surface area contributed by atoms with Crippen molar-refractivity contribution >= 4 is 28.8 Å². The Morgan fingerprint density at radius 1 is 1.08 bits per heavy atom. The van der Waals surface area contributed by atoms with E-state index in [0.29, 0.717) is 35.6 Å². The fourth-order valence-corrected chi connectivity index (χ4v) is 3.98. The number of rotatable bonds is 5. The molecule has 0 bridgehead atoms. The topological polar surface area (TPSA) is 100 Å². The summed E-state index contributed by atoms with van der Waals surface area (Å²) in [5, 5.41) is 11.1. The number of nitrogens with zero attached hydrogens (tertiary/aromatic N) is 6. The molecule has 1 saturated carbocycles. The minimum atomic E-state index is 0.299. The Morgan fingerprint density at radius 2 is 1.92 bits per heavy atom. The van der Waals surface area contributed by atoms with Crippen molar-refractivity contribution in [1.82, 2.24) is 25.2 Å². The SMILES string of the molecule is O=C1CCCN1C[C@H]1CCCN(c2nc3nonc3nc2NC2CC2)C1. The third kappa shape index (κ3) is 3.06. The molecule has 2 aromatic heterocycles. The lowest BCUT2D eigenvalue weighted by molar-refractivity contribution is -0.128. The molecule has 9 heteroatoms.